The minimum atomic E-state index is -3.35. The molecule has 1 amide bonds. The Bertz CT molecular complexity index is 558. The molecular weight excluding hydrogens is 292 g/mol. The Kier molecular flexibility index (Phi) is 7.18. The van der Waals surface area contributed by atoms with Gasteiger partial charge in [0.1, 0.15) is 0 Å². The van der Waals surface area contributed by atoms with Gasteiger partial charge >= 0.3 is 0 Å². The average Bonchev–Trinajstić information content (AvgIpc) is 2.43. The first-order valence-electron chi connectivity index (χ1n) is 6.86. The number of rotatable bonds is 9. The first kappa shape index (κ1) is 17.5. The summed E-state index contributed by atoms with van der Waals surface area (Å²) >= 11 is 0. The van der Waals surface area contributed by atoms with Crippen LogP contribution in [0.4, 0.5) is 5.69 Å². The van der Waals surface area contributed by atoms with Crippen LogP contribution in [0, 0.1) is 0 Å². The summed E-state index contributed by atoms with van der Waals surface area (Å²) < 4.78 is 30.8. The smallest absolute Gasteiger partial charge is 0.251 e. The second kappa shape index (κ2) is 8.63. The topological polar surface area (TPSA) is 84.5 Å². The van der Waals surface area contributed by atoms with Gasteiger partial charge in [0.2, 0.25) is 10.0 Å². The van der Waals surface area contributed by atoms with Crippen molar-refractivity contribution in [3.63, 3.8) is 0 Å². The van der Waals surface area contributed by atoms with Gasteiger partial charge in [0.15, 0.2) is 0 Å². The summed E-state index contributed by atoms with van der Waals surface area (Å²) in [5.74, 6) is -0.178. The Balaban J connectivity index is 2.65. The first-order chi connectivity index (χ1) is 9.98. The third kappa shape index (κ3) is 6.59. The van der Waals surface area contributed by atoms with E-state index in [1.54, 1.807) is 32.2 Å². The molecule has 0 fully saturated rings. The highest BCUT2D eigenvalue weighted by Crippen LogP contribution is 2.13. The van der Waals surface area contributed by atoms with Gasteiger partial charge in [-0.1, -0.05) is 13.0 Å². The fraction of sp³-hybridized carbons (Fsp3) is 0.500. The van der Waals surface area contributed by atoms with Crippen LogP contribution < -0.4 is 10.0 Å². The maximum Gasteiger partial charge on any atom is 0.251 e. The van der Waals surface area contributed by atoms with Crippen LogP contribution >= 0.6 is 0 Å². The first-order valence-corrected chi connectivity index (χ1v) is 8.51. The SMILES string of the molecule is CCCS(=O)(=O)Nc1cccc(C(=O)NCCCOC)c1. The number of carbonyl (C=O) groups is 1. The van der Waals surface area contributed by atoms with E-state index in [0.29, 0.717) is 30.8 Å². The molecule has 6 nitrogen and oxygen atoms in total. The summed E-state index contributed by atoms with van der Waals surface area (Å²) in [5.41, 5.74) is 0.817. The highest BCUT2D eigenvalue weighted by molar-refractivity contribution is 7.92. The largest absolute Gasteiger partial charge is 0.385 e. The number of methoxy groups -OCH3 is 1. The average molecular weight is 314 g/mol. The van der Waals surface area contributed by atoms with Crippen molar-refractivity contribution >= 4 is 21.6 Å². The van der Waals surface area contributed by atoms with Gasteiger partial charge in [0.25, 0.3) is 5.91 Å². The molecule has 21 heavy (non-hydrogen) atoms. The number of benzene rings is 1. The number of amides is 1. The van der Waals surface area contributed by atoms with Crippen LogP contribution in [-0.2, 0) is 14.8 Å². The molecule has 0 heterocycles. The normalized spacial score (nSPS) is 11.1. The third-order valence-corrected chi connectivity index (χ3v) is 4.17. The van der Waals surface area contributed by atoms with E-state index in [4.69, 9.17) is 4.74 Å². The maximum atomic E-state index is 11.9. The van der Waals surface area contributed by atoms with E-state index in [1.165, 1.54) is 6.07 Å². The zero-order chi connectivity index (χ0) is 15.7. The van der Waals surface area contributed by atoms with E-state index in [0.717, 1.165) is 6.42 Å². The fourth-order valence-electron chi connectivity index (χ4n) is 1.74. The van der Waals surface area contributed by atoms with Gasteiger partial charge < -0.3 is 10.1 Å². The van der Waals surface area contributed by atoms with Crippen LogP contribution in [0.3, 0.4) is 0 Å². The summed E-state index contributed by atoms with van der Waals surface area (Å²) in [7, 11) is -1.74. The van der Waals surface area contributed by atoms with Crippen molar-refractivity contribution in [3.8, 4) is 0 Å². The zero-order valence-electron chi connectivity index (χ0n) is 12.4. The predicted octanol–water partition coefficient (Wildman–Crippen LogP) is 1.60. The van der Waals surface area contributed by atoms with Crippen LogP contribution in [-0.4, -0.2) is 40.3 Å². The zero-order valence-corrected chi connectivity index (χ0v) is 13.2. The molecule has 1 aromatic carbocycles. The monoisotopic (exact) mass is 314 g/mol. The number of hydrogen-bond donors (Lipinski definition) is 2. The Morgan fingerprint density at radius 2 is 2.10 bits per heavy atom. The molecule has 0 bridgehead atoms. The molecule has 2 N–H and O–H groups in total. The minimum absolute atomic E-state index is 0.0560. The minimum Gasteiger partial charge on any atom is -0.385 e. The highest BCUT2D eigenvalue weighted by Gasteiger charge is 2.11. The lowest BCUT2D eigenvalue weighted by Crippen LogP contribution is -2.25. The molecule has 0 aliphatic rings. The maximum absolute atomic E-state index is 11.9. The lowest BCUT2D eigenvalue weighted by Gasteiger charge is -2.09. The number of ether oxygens (including phenoxy) is 1. The fourth-order valence-corrected chi connectivity index (χ4v) is 2.87. The molecule has 0 spiro atoms. The lowest BCUT2D eigenvalue weighted by atomic mass is 10.2. The molecule has 7 heteroatoms. The molecule has 118 valence electrons. The van der Waals surface area contributed by atoms with Crippen molar-refractivity contribution in [1.82, 2.24) is 5.32 Å². The highest BCUT2D eigenvalue weighted by atomic mass is 32.2. The summed E-state index contributed by atoms with van der Waals surface area (Å²) in [5, 5.41) is 2.75. The molecule has 0 aliphatic carbocycles. The quantitative estimate of drug-likeness (QED) is 0.678. The molecule has 0 atom stereocenters. The molecule has 0 aliphatic heterocycles. The van der Waals surface area contributed by atoms with Crippen molar-refractivity contribution in [1.29, 1.82) is 0 Å². The van der Waals surface area contributed by atoms with E-state index in [9.17, 15) is 13.2 Å². The van der Waals surface area contributed by atoms with Gasteiger partial charge in [-0.2, -0.15) is 0 Å². The van der Waals surface area contributed by atoms with Crippen LogP contribution in [0.15, 0.2) is 24.3 Å². The molecule has 0 aromatic heterocycles. The van der Waals surface area contributed by atoms with E-state index < -0.39 is 10.0 Å². The lowest BCUT2D eigenvalue weighted by molar-refractivity contribution is 0.0948. The van der Waals surface area contributed by atoms with Crippen LogP contribution in [0.5, 0.6) is 0 Å². The number of hydrogen-bond acceptors (Lipinski definition) is 4. The van der Waals surface area contributed by atoms with E-state index in [1.807, 2.05) is 0 Å². The van der Waals surface area contributed by atoms with Crippen LogP contribution in [0.2, 0.25) is 0 Å². The van der Waals surface area contributed by atoms with Crippen molar-refractivity contribution < 1.29 is 17.9 Å². The van der Waals surface area contributed by atoms with Gasteiger partial charge in [-0.05, 0) is 31.0 Å². The summed E-state index contributed by atoms with van der Waals surface area (Å²) in [6.07, 6.45) is 1.26. The molecule has 0 saturated carbocycles. The Hall–Kier alpha value is -1.60. The second-order valence-electron chi connectivity index (χ2n) is 4.60. The molecular formula is C14H22N2O4S. The van der Waals surface area contributed by atoms with Crippen molar-refractivity contribution in [2.75, 3.05) is 30.7 Å². The van der Waals surface area contributed by atoms with Gasteiger partial charge in [-0.15, -0.1) is 0 Å². The molecule has 0 saturated heterocycles. The van der Waals surface area contributed by atoms with Gasteiger partial charge in [-0.3, -0.25) is 9.52 Å². The Morgan fingerprint density at radius 1 is 1.33 bits per heavy atom. The van der Waals surface area contributed by atoms with Crippen molar-refractivity contribution in [3.05, 3.63) is 29.8 Å². The number of carbonyl (C=O) groups excluding carboxylic acids is 1. The molecule has 1 rings (SSSR count). The number of nitrogens with one attached hydrogen (secondary N) is 2. The summed E-state index contributed by atoms with van der Waals surface area (Å²) in [4.78, 5) is 11.9. The van der Waals surface area contributed by atoms with Crippen LogP contribution in [0.25, 0.3) is 0 Å². The molecule has 0 radical (unpaired) electrons. The molecule has 0 unspecified atom stereocenters. The second-order valence-corrected chi connectivity index (χ2v) is 6.45. The van der Waals surface area contributed by atoms with Gasteiger partial charge in [0, 0.05) is 31.5 Å². The van der Waals surface area contributed by atoms with Crippen LogP contribution in [0.1, 0.15) is 30.1 Å². The van der Waals surface area contributed by atoms with E-state index in [-0.39, 0.29) is 11.7 Å². The number of sulfonamides is 1. The Labute approximate surface area is 125 Å². The van der Waals surface area contributed by atoms with Gasteiger partial charge in [-0.25, -0.2) is 8.42 Å². The van der Waals surface area contributed by atoms with Crippen molar-refractivity contribution in [2.24, 2.45) is 0 Å². The van der Waals surface area contributed by atoms with E-state index in [2.05, 4.69) is 10.0 Å². The van der Waals surface area contributed by atoms with E-state index >= 15 is 0 Å². The van der Waals surface area contributed by atoms with Crippen molar-refractivity contribution in [2.45, 2.75) is 19.8 Å². The molecule has 1 aromatic rings. The standard InChI is InChI=1S/C14H22N2O4S/c1-3-10-21(18,19)16-13-7-4-6-12(11-13)14(17)15-8-5-9-20-2/h4,6-7,11,16H,3,5,8-10H2,1-2H3,(H,15,17). The third-order valence-electron chi connectivity index (χ3n) is 2.68. The predicted molar refractivity (Wildman–Crippen MR) is 83.0 cm³/mol. The summed E-state index contributed by atoms with van der Waals surface area (Å²) in [6, 6.07) is 6.44. The Morgan fingerprint density at radius 3 is 2.76 bits per heavy atom. The summed E-state index contributed by atoms with van der Waals surface area (Å²) in [6.45, 7) is 2.89. The number of anilines is 1. The van der Waals surface area contributed by atoms with Gasteiger partial charge in [0.05, 0.1) is 5.75 Å².